The summed E-state index contributed by atoms with van der Waals surface area (Å²) < 4.78 is 6.01. The summed E-state index contributed by atoms with van der Waals surface area (Å²) in [5.41, 5.74) is 3.72. The number of hydrogen-bond donors (Lipinski definition) is 0. The lowest BCUT2D eigenvalue weighted by Gasteiger charge is -2.30. The largest absolute Gasteiger partial charge is 0.477 e. The van der Waals surface area contributed by atoms with Crippen LogP contribution < -0.4 is 0 Å². The lowest BCUT2D eigenvalue weighted by Crippen LogP contribution is -2.37. The van der Waals surface area contributed by atoms with Crippen LogP contribution in [0.25, 0.3) is 0 Å². The molecule has 3 heteroatoms. The molecule has 0 spiro atoms. The van der Waals surface area contributed by atoms with Crippen molar-refractivity contribution in [3.8, 4) is 0 Å². The van der Waals surface area contributed by atoms with Crippen LogP contribution in [0.15, 0.2) is 40.2 Å². The number of hydrogen-bond acceptors (Lipinski definition) is 2. The highest BCUT2D eigenvalue weighted by atomic mass is 16.5. The molecule has 1 aliphatic carbocycles. The van der Waals surface area contributed by atoms with Gasteiger partial charge in [0.1, 0.15) is 5.57 Å². The van der Waals surface area contributed by atoms with Crippen LogP contribution in [0.5, 0.6) is 0 Å². The standard InChI is InChI=1S/C16H25N2O/c1-11(2)12-8-9-16(3,4)14-13(10-12)15(19-7)17-18(14,5)6/h8-11H,1-7H3/q+1. The molecular weight excluding hydrogens is 236 g/mol. The van der Waals surface area contributed by atoms with Gasteiger partial charge in [0.05, 0.1) is 26.6 Å². The molecule has 3 nitrogen and oxygen atoms in total. The van der Waals surface area contributed by atoms with Crippen molar-refractivity contribution in [3.63, 3.8) is 0 Å². The van der Waals surface area contributed by atoms with Crippen molar-refractivity contribution in [1.29, 1.82) is 0 Å². The molecule has 0 saturated carbocycles. The Hall–Kier alpha value is -1.35. The van der Waals surface area contributed by atoms with Gasteiger partial charge >= 0.3 is 0 Å². The zero-order valence-corrected chi connectivity index (χ0v) is 13.1. The second kappa shape index (κ2) is 4.34. The molecule has 0 atom stereocenters. The van der Waals surface area contributed by atoms with Crippen LogP contribution in [0, 0.1) is 11.3 Å². The number of rotatable bonds is 1. The number of quaternary nitrogens is 1. The van der Waals surface area contributed by atoms with E-state index in [-0.39, 0.29) is 5.41 Å². The Bertz CT molecular complexity index is 517. The molecule has 0 bridgehead atoms. The second-order valence-electron chi connectivity index (χ2n) is 6.62. The Labute approximate surface area is 116 Å². The van der Waals surface area contributed by atoms with Gasteiger partial charge in [0.2, 0.25) is 0 Å². The molecule has 1 aliphatic heterocycles. The first-order valence-corrected chi connectivity index (χ1v) is 6.84. The Morgan fingerprint density at radius 2 is 1.89 bits per heavy atom. The van der Waals surface area contributed by atoms with E-state index in [1.165, 1.54) is 11.3 Å². The Morgan fingerprint density at radius 3 is 2.42 bits per heavy atom. The lowest BCUT2D eigenvalue weighted by molar-refractivity contribution is -0.862. The first kappa shape index (κ1) is 14.1. The van der Waals surface area contributed by atoms with Crippen molar-refractivity contribution in [2.45, 2.75) is 27.7 Å². The highest BCUT2D eigenvalue weighted by molar-refractivity contribution is 5.98. The van der Waals surface area contributed by atoms with Gasteiger partial charge in [0.25, 0.3) is 5.90 Å². The van der Waals surface area contributed by atoms with E-state index in [0.29, 0.717) is 10.5 Å². The zero-order valence-electron chi connectivity index (χ0n) is 13.1. The molecule has 1 heterocycles. The second-order valence-corrected chi connectivity index (χ2v) is 6.62. The number of ether oxygens (including phenoxy) is 1. The van der Waals surface area contributed by atoms with Crippen LogP contribution in [0.4, 0.5) is 0 Å². The summed E-state index contributed by atoms with van der Waals surface area (Å²) in [6.07, 6.45) is 6.77. The first-order chi connectivity index (χ1) is 8.69. The van der Waals surface area contributed by atoms with Crippen LogP contribution in [-0.4, -0.2) is 31.7 Å². The summed E-state index contributed by atoms with van der Waals surface area (Å²) in [7, 11) is 5.90. The SMILES string of the molecule is COC1=N[N+](C)(C)C2=C1C=C(C(C)C)C=CC2(C)C. The topological polar surface area (TPSA) is 21.6 Å². The molecular formula is C16H25N2O+. The van der Waals surface area contributed by atoms with E-state index in [9.17, 15) is 0 Å². The molecule has 0 unspecified atom stereocenters. The van der Waals surface area contributed by atoms with Gasteiger partial charge in [-0.3, -0.25) is 0 Å². The highest BCUT2D eigenvalue weighted by Gasteiger charge is 2.45. The molecule has 2 rings (SSSR count). The first-order valence-electron chi connectivity index (χ1n) is 6.84. The van der Waals surface area contributed by atoms with Gasteiger partial charge in [0.15, 0.2) is 5.70 Å². The van der Waals surface area contributed by atoms with Gasteiger partial charge < -0.3 is 4.74 Å². The monoisotopic (exact) mass is 261 g/mol. The fraction of sp³-hybridized carbons (Fsp3) is 0.562. The quantitative estimate of drug-likeness (QED) is 0.662. The third kappa shape index (κ3) is 2.27. The van der Waals surface area contributed by atoms with Gasteiger partial charge in [-0.25, -0.2) is 0 Å². The molecule has 0 fully saturated rings. The molecule has 0 N–H and O–H groups in total. The van der Waals surface area contributed by atoms with Crippen LogP contribution in [0.1, 0.15) is 27.7 Å². The molecule has 0 saturated heterocycles. The van der Waals surface area contributed by atoms with Crippen LogP contribution in [0.3, 0.4) is 0 Å². The Morgan fingerprint density at radius 1 is 1.26 bits per heavy atom. The normalized spacial score (nSPS) is 24.0. The molecule has 2 aliphatic rings. The number of nitrogens with zero attached hydrogens (tertiary/aromatic N) is 2. The smallest absolute Gasteiger partial charge is 0.280 e. The molecule has 0 aromatic rings. The summed E-state index contributed by atoms with van der Waals surface area (Å²) in [5.74, 6) is 1.24. The average Bonchev–Trinajstić information content (AvgIpc) is 2.44. The van der Waals surface area contributed by atoms with Crippen molar-refractivity contribution >= 4 is 5.90 Å². The van der Waals surface area contributed by atoms with E-state index in [1.54, 1.807) is 7.11 Å². The van der Waals surface area contributed by atoms with Crippen molar-refractivity contribution in [2.24, 2.45) is 16.4 Å². The number of allylic oxidation sites excluding steroid dienone is 3. The van der Waals surface area contributed by atoms with Gasteiger partial charge in [-0.2, -0.15) is 4.59 Å². The minimum absolute atomic E-state index is 0.0320. The van der Waals surface area contributed by atoms with E-state index >= 15 is 0 Å². The maximum absolute atomic E-state index is 5.50. The molecule has 0 aromatic heterocycles. The summed E-state index contributed by atoms with van der Waals surface area (Å²) in [6, 6.07) is 0. The Balaban J connectivity index is 2.68. The summed E-state index contributed by atoms with van der Waals surface area (Å²) in [4.78, 5) is 0. The van der Waals surface area contributed by atoms with Crippen LogP contribution in [0.2, 0.25) is 0 Å². The summed E-state index contributed by atoms with van der Waals surface area (Å²) in [5, 5.41) is 4.69. The van der Waals surface area contributed by atoms with E-state index < -0.39 is 0 Å². The fourth-order valence-corrected chi connectivity index (χ4v) is 3.02. The third-order valence-electron chi connectivity index (χ3n) is 3.85. The summed E-state index contributed by atoms with van der Waals surface area (Å²) in [6.45, 7) is 8.91. The molecule has 0 amide bonds. The fourth-order valence-electron chi connectivity index (χ4n) is 3.02. The maximum atomic E-state index is 5.50. The number of methoxy groups -OCH3 is 1. The lowest BCUT2D eigenvalue weighted by atomic mass is 9.86. The van der Waals surface area contributed by atoms with Crippen LogP contribution >= 0.6 is 0 Å². The van der Waals surface area contributed by atoms with E-state index in [1.807, 2.05) is 0 Å². The van der Waals surface area contributed by atoms with Gasteiger partial charge in [0, 0.05) is 0 Å². The van der Waals surface area contributed by atoms with Gasteiger partial charge in [-0.15, -0.1) is 0 Å². The third-order valence-corrected chi connectivity index (χ3v) is 3.85. The predicted molar refractivity (Wildman–Crippen MR) is 79.4 cm³/mol. The minimum Gasteiger partial charge on any atom is -0.477 e. The molecule has 0 radical (unpaired) electrons. The molecule has 104 valence electrons. The minimum atomic E-state index is -0.0320. The zero-order chi connectivity index (χ0) is 14.4. The molecule has 0 aromatic carbocycles. The van der Waals surface area contributed by atoms with Gasteiger partial charge in [-0.1, -0.05) is 26.0 Å². The van der Waals surface area contributed by atoms with Crippen molar-refractivity contribution in [2.75, 3.05) is 21.2 Å². The van der Waals surface area contributed by atoms with Crippen LogP contribution in [-0.2, 0) is 4.74 Å². The van der Waals surface area contributed by atoms with Gasteiger partial charge in [-0.05, 0) is 36.5 Å². The Kier molecular flexibility index (Phi) is 3.21. The van der Waals surface area contributed by atoms with E-state index in [0.717, 1.165) is 11.5 Å². The average molecular weight is 261 g/mol. The maximum Gasteiger partial charge on any atom is 0.280 e. The highest BCUT2D eigenvalue weighted by Crippen LogP contribution is 2.43. The van der Waals surface area contributed by atoms with Crippen molar-refractivity contribution in [3.05, 3.63) is 35.1 Å². The van der Waals surface area contributed by atoms with Crippen molar-refractivity contribution in [1.82, 2.24) is 0 Å². The van der Waals surface area contributed by atoms with E-state index in [4.69, 9.17) is 9.84 Å². The predicted octanol–water partition coefficient (Wildman–Crippen LogP) is 3.47. The molecule has 19 heavy (non-hydrogen) atoms. The van der Waals surface area contributed by atoms with E-state index in [2.05, 4.69) is 60.0 Å². The summed E-state index contributed by atoms with van der Waals surface area (Å²) >= 11 is 0. The van der Waals surface area contributed by atoms with Crippen molar-refractivity contribution < 1.29 is 9.33 Å².